The summed E-state index contributed by atoms with van der Waals surface area (Å²) in [5.74, 6) is -0.337. The van der Waals surface area contributed by atoms with Gasteiger partial charge in [-0.25, -0.2) is 4.68 Å². The summed E-state index contributed by atoms with van der Waals surface area (Å²) in [6.45, 7) is 5.91. The van der Waals surface area contributed by atoms with Crippen LogP contribution in [0.5, 0.6) is 0 Å². The number of hydrogen-bond donors (Lipinski definition) is 0. The first-order chi connectivity index (χ1) is 11.0. The molecule has 0 aliphatic carbocycles. The number of nitro benzene ring substituents is 1. The molecule has 2 aromatic rings. The molecule has 2 rings (SSSR count). The molecule has 0 unspecified atom stereocenters. The molecule has 0 N–H and O–H groups in total. The Bertz CT molecular complexity index is 735. The van der Waals surface area contributed by atoms with Gasteiger partial charge < -0.3 is 0 Å². The molecule has 0 spiro atoms. The molecule has 0 fully saturated rings. The van der Waals surface area contributed by atoms with Crippen LogP contribution in [-0.4, -0.2) is 20.6 Å². The lowest BCUT2D eigenvalue weighted by atomic mass is 10.1. The van der Waals surface area contributed by atoms with Crippen LogP contribution in [0.15, 0.2) is 24.3 Å². The van der Waals surface area contributed by atoms with E-state index in [-0.39, 0.29) is 17.2 Å². The summed E-state index contributed by atoms with van der Waals surface area (Å²) in [5.41, 5.74) is 2.93. The molecule has 1 aromatic heterocycles. The number of aryl methyl sites for hydroxylation is 1. The molecule has 0 aliphatic rings. The molecule has 0 aliphatic heterocycles. The molecule has 122 valence electrons. The predicted octanol–water partition coefficient (Wildman–Crippen LogP) is 3.83. The molecule has 6 nitrogen and oxygen atoms in total. The van der Waals surface area contributed by atoms with Crippen molar-refractivity contribution < 1.29 is 9.72 Å². The third-order valence-corrected chi connectivity index (χ3v) is 3.97. The molecule has 0 amide bonds. The van der Waals surface area contributed by atoms with E-state index >= 15 is 0 Å². The Morgan fingerprint density at radius 2 is 2.04 bits per heavy atom. The van der Waals surface area contributed by atoms with Crippen LogP contribution < -0.4 is 0 Å². The summed E-state index contributed by atoms with van der Waals surface area (Å²) in [4.78, 5) is 23.0. The minimum atomic E-state index is -0.506. The zero-order valence-electron chi connectivity index (χ0n) is 13.7. The highest BCUT2D eigenvalue weighted by Gasteiger charge is 2.19. The SMILES string of the molecule is CCCCCc1c(C)nn(C(=O)c2cccc([N+](=O)[O-])c2)c1C. The van der Waals surface area contributed by atoms with Crippen molar-refractivity contribution in [3.05, 3.63) is 56.9 Å². The van der Waals surface area contributed by atoms with Gasteiger partial charge in [0, 0.05) is 23.4 Å². The van der Waals surface area contributed by atoms with E-state index in [0.29, 0.717) is 0 Å². The van der Waals surface area contributed by atoms with Crippen LogP contribution in [0.4, 0.5) is 5.69 Å². The van der Waals surface area contributed by atoms with E-state index in [1.165, 1.54) is 22.9 Å². The van der Waals surface area contributed by atoms with Gasteiger partial charge in [0.1, 0.15) is 0 Å². The number of nitro groups is 1. The normalized spacial score (nSPS) is 10.7. The monoisotopic (exact) mass is 315 g/mol. The first-order valence-electron chi connectivity index (χ1n) is 7.80. The molecule has 1 heterocycles. The van der Waals surface area contributed by atoms with Crippen LogP contribution in [-0.2, 0) is 6.42 Å². The Balaban J connectivity index is 2.31. The highest BCUT2D eigenvalue weighted by atomic mass is 16.6. The summed E-state index contributed by atoms with van der Waals surface area (Å²) in [5, 5.41) is 15.2. The maximum atomic E-state index is 12.6. The van der Waals surface area contributed by atoms with E-state index in [9.17, 15) is 14.9 Å². The number of hydrogen-bond acceptors (Lipinski definition) is 4. The fraction of sp³-hybridized carbons (Fsp3) is 0.412. The molecule has 0 saturated carbocycles. The van der Waals surface area contributed by atoms with Crippen LogP contribution >= 0.6 is 0 Å². The van der Waals surface area contributed by atoms with Gasteiger partial charge in [0.25, 0.3) is 11.6 Å². The molecular formula is C17H21N3O3. The molecule has 0 atom stereocenters. The zero-order valence-corrected chi connectivity index (χ0v) is 13.7. The average Bonchev–Trinajstić information content (AvgIpc) is 2.82. The quantitative estimate of drug-likeness (QED) is 0.461. The van der Waals surface area contributed by atoms with E-state index < -0.39 is 4.92 Å². The standard InChI is InChI=1S/C17H21N3O3/c1-4-5-6-10-16-12(2)18-19(13(16)3)17(21)14-8-7-9-15(11-14)20(22)23/h7-9,11H,4-6,10H2,1-3H3. The van der Waals surface area contributed by atoms with Crippen LogP contribution in [0.2, 0.25) is 0 Å². The summed E-state index contributed by atoms with van der Waals surface area (Å²) in [6, 6.07) is 5.74. The van der Waals surface area contributed by atoms with E-state index in [1.807, 2.05) is 13.8 Å². The van der Waals surface area contributed by atoms with E-state index in [1.54, 1.807) is 6.07 Å². The number of unbranched alkanes of at least 4 members (excludes halogenated alkanes) is 2. The molecule has 6 heteroatoms. The maximum absolute atomic E-state index is 12.6. The van der Waals surface area contributed by atoms with E-state index in [0.717, 1.165) is 42.6 Å². The highest BCUT2D eigenvalue weighted by molar-refractivity contribution is 5.96. The summed E-state index contributed by atoms with van der Waals surface area (Å²) >= 11 is 0. The van der Waals surface area contributed by atoms with Crippen molar-refractivity contribution in [2.45, 2.75) is 46.5 Å². The number of benzene rings is 1. The fourth-order valence-corrected chi connectivity index (χ4v) is 2.66. The minimum Gasteiger partial charge on any atom is -0.267 e. The van der Waals surface area contributed by atoms with Crippen molar-refractivity contribution in [2.24, 2.45) is 0 Å². The Labute approximate surface area is 135 Å². The average molecular weight is 315 g/mol. The second kappa shape index (κ2) is 7.17. The van der Waals surface area contributed by atoms with Gasteiger partial charge in [0.05, 0.1) is 10.6 Å². The molecule has 0 saturated heterocycles. The predicted molar refractivity (Wildman–Crippen MR) is 87.8 cm³/mol. The summed E-state index contributed by atoms with van der Waals surface area (Å²) in [6.07, 6.45) is 4.24. The Hall–Kier alpha value is -2.50. The number of aromatic nitrogens is 2. The maximum Gasteiger partial charge on any atom is 0.278 e. The van der Waals surface area contributed by atoms with Crippen LogP contribution in [0, 0.1) is 24.0 Å². The van der Waals surface area contributed by atoms with Crippen molar-refractivity contribution >= 4 is 11.6 Å². The number of rotatable bonds is 6. The lowest BCUT2D eigenvalue weighted by Gasteiger charge is -2.05. The first-order valence-corrected chi connectivity index (χ1v) is 7.80. The van der Waals surface area contributed by atoms with Crippen LogP contribution in [0.3, 0.4) is 0 Å². The number of nitrogens with zero attached hydrogens (tertiary/aromatic N) is 3. The third kappa shape index (κ3) is 3.64. The van der Waals surface area contributed by atoms with Gasteiger partial charge in [-0.1, -0.05) is 25.8 Å². The van der Waals surface area contributed by atoms with Crippen LogP contribution in [0.25, 0.3) is 0 Å². The zero-order chi connectivity index (χ0) is 17.0. The van der Waals surface area contributed by atoms with Gasteiger partial charge in [0.15, 0.2) is 0 Å². The molecule has 1 aromatic carbocycles. The summed E-state index contributed by atoms with van der Waals surface area (Å²) in [7, 11) is 0. The van der Waals surface area contributed by atoms with Gasteiger partial charge in [-0.05, 0) is 38.3 Å². The first kappa shape index (κ1) is 16.9. The number of non-ortho nitro benzene ring substituents is 1. The lowest BCUT2D eigenvalue weighted by Crippen LogP contribution is -2.15. The van der Waals surface area contributed by atoms with Crippen LogP contribution in [0.1, 0.15) is 53.5 Å². The van der Waals surface area contributed by atoms with Crippen molar-refractivity contribution in [1.82, 2.24) is 9.78 Å². The molecule has 23 heavy (non-hydrogen) atoms. The summed E-state index contributed by atoms with van der Waals surface area (Å²) < 4.78 is 1.36. The smallest absolute Gasteiger partial charge is 0.267 e. The molecule has 0 bridgehead atoms. The minimum absolute atomic E-state index is 0.0967. The van der Waals surface area contributed by atoms with Crippen molar-refractivity contribution in [2.75, 3.05) is 0 Å². The number of carbonyl (C=O) groups excluding carboxylic acids is 1. The van der Waals surface area contributed by atoms with Crippen molar-refractivity contribution in [3.8, 4) is 0 Å². The van der Waals surface area contributed by atoms with Crippen molar-refractivity contribution in [1.29, 1.82) is 0 Å². The topological polar surface area (TPSA) is 78.0 Å². The molecule has 0 radical (unpaired) electrons. The van der Waals surface area contributed by atoms with Crippen molar-refractivity contribution in [3.63, 3.8) is 0 Å². The fourth-order valence-electron chi connectivity index (χ4n) is 2.66. The lowest BCUT2D eigenvalue weighted by molar-refractivity contribution is -0.384. The third-order valence-electron chi connectivity index (χ3n) is 3.97. The van der Waals surface area contributed by atoms with Gasteiger partial charge in [-0.15, -0.1) is 0 Å². The second-order valence-corrected chi connectivity index (χ2v) is 5.63. The van der Waals surface area contributed by atoms with Gasteiger partial charge in [0.2, 0.25) is 0 Å². The Morgan fingerprint density at radius 1 is 1.30 bits per heavy atom. The van der Waals surface area contributed by atoms with Gasteiger partial charge in [-0.3, -0.25) is 14.9 Å². The molecular weight excluding hydrogens is 294 g/mol. The number of carbonyl (C=O) groups is 1. The Morgan fingerprint density at radius 3 is 2.70 bits per heavy atom. The largest absolute Gasteiger partial charge is 0.278 e. The van der Waals surface area contributed by atoms with E-state index in [4.69, 9.17) is 0 Å². The Kier molecular flexibility index (Phi) is 5.26. The van der Waals surface area contributed by atoms with Gasteiger partial charge >= 0.3 is 0 Å². The second-order valence-electron chi connectivity index (χ2n) is 5.63. The van der Waals surface area contributed by atoms with Gasteiger partial charge in [-0.2, -0.15) is 5.10 Å². The van der Waals surface area contributed by atoms with E-state index in [2.05, 4.69) is 12.0 Å². The highest BCUT2D eigenvalue weighted by Crippen LogP contribution is 2.19.